The highest BCUT2D eigenvalue weighted by Crippen LogP contribution is 2.20. The summed E-state index contributed by atoms with van der Waals surface area (Å²) in [7, 11) is 1.65. The monoisotopic (exact) mass is 274 g/mol. The van der Waals surface area contributed by atoms with Crippen molar-refractivity contribution in [1.82, 2.24) is 10.3 Å². The summed E-state index contributed by atoms with van der Waals surface area (Å²) < 4.78 is 18.0. The fraction of sp³-hybridized carbons (Fsp3) is 0.312. The van der Waals surface area contributed by atoms with Crippen molar-refractivity contribution in [2.24, 2.45) is 0 Å². The molecular weight excluding hydrogens is 255 g/mol. The number of benzene rings is 1. The van der Waals surface area contributed by atoms with Gasteiger partial charge in [0.25, 0.3) is 0 Å². The molecule has 1 heterocycles. The van der Waals surface area contributed by atoms with Crippen molar-refractivity contribution in [1.29, 1.82) is 0 Å². The van der Waals surface area contributed by atoms with Gasteiger partial charge in [0.15, 0.2) is 0 Å². The maximum absolute atomic E-state index is 12.9. The van der Waals surface area contributed by atoms with Crippen molar-refractivity contribution >= 4 is 0 Å². The minimum Gasteiger partial charge on any atom is -0.497 e. The number of rotatable bonds is 5. The van der Waals surface area contributed by atoms with Crippen LogP contribution in [0.2, 0.25) is 0 Å². The van der Waals surface area contributed by atoms with Crippen LogP contribution in [0.5, 0.6) is 5.75 Å². The van der Waals surface area contributed by atoms with E-state index in [2.05, 4.69) is 17.2 Å². The number of hydrogen-bond donors (Lipinski definition) is 1. The van der Waals surface area contributed by atoms with Crippen molar-refractivity contribution in [2.45, 2.75) is 25.9 Å². The minimum atomic E-state index is -0.316. The van der Waals surface area contributed by atoms with Crippen LogP contribution in [0.1, 0.15) is 37.2 Å². The number of ether oxygens (including phenoxy) is 1. The lowest BCUT2D eigenvalue weighted by Gasteiger charge is -2.20. The van der Waals surface area contributed by atoms with Gasteiger partial charge in [0, 0.05) is 12.1 Å². The first-order valence-corrected chi connectivity index (χ1v) is 6.61. The first-order valence-electron chi connectivity index (χ1n) is 6.61. The number of methoxy groups -OCH3 is 1. The van der Waals surface area contributed by atoms with Gasteiger partial charge < -0.3 is 10.1 Å². The fourth-order valence-corrected chi connectivity index (χ4v) is 2.09. The molecule has 3 nitrogen and oxygen atoms in total. The number of pyridine rings is 1. The summed E-state index contributed by atoms with van der Waals surface area (Å²) in [5, 5.41) is 3.44. The lowest BCUT2D eigenvalue weighted by atomic mass is 10.1. The van der Waals surface area contributed by atoms with Gasteiger partial charge in [-0.3, -0.25) is 4.98 Å². The Hall–Kier alpha value is -1.94. The van der Waals surface area contributed by atoms with Crippen molar-refractivity contribution < 1.29 is 9.13 Å². The molecule has 2 unspecified atom stereocenters. The average Bonchev–Trinajstić information content (AvgIpc) is 2.48. The van der Waals surface area contributed by atoms with Crippen LogP contribution >= 0.6 is 0 Å². The number of nitrogens with one attached hydrogen (secondary N) is 1. The molecule has 2 rings (SSSR count). The molecule has 2 aromatic rings. The molecule has 0 aliphatic heterocycles. The number of halogens is 1. The molecule has 0 saturated heterocycles. The maximum Gasteiger partial charge on any atom is 0.141 e. The molecule has 4 heteroatoms. The van der Waals surface area contributed by atoms with Gasteiger partial charge in [-0.15, -0.1) is 0 Å². The molecule has 1 aromatic heterocycles. The topological polar surface area (TPSA) is 34.1 Å². The molecule has 0 fully saturated rings. The Balaban J connectivity index is 2.02. The molecular formula is C16H19FN2O. The fourth-order valence-electron chi connectivity index (χ4n) is 2.09. The van der Waals surface area contributed by atoms with E-state index >= 15 is 0 Å². The van der Waals surface area contributed by atoms with Crippen molar-refractivity contribution in [3.8, 4) is 5.75 Å². The molecule has 20 heavy (non-hydrogen) atoms. The van der Waals surface area contributed by atoms with Crippen LogP contribution in [-0.2, 0) is 0 Å². The maximum atomic E-state index is 12.9. The third-order valence-electron chi connectivity index (χ3n) is 3.31. The van der Waals surface area contributed by atoms with E-state index in [0.29, 0.717) is 0 Å². The molecule has 0 aliphatic carbocycles. The molecule has 106 valence electrons. The summed E-state index contributed by atoms with van der Waals surface area (Å²) in [5.41, 5.74) is 1.99. The van der Waals surface area contributed by atoms with Gasteiger partial charge in [0.2, 0.25) is 0 Å². The summed E-state index contributed by atoms with van der Waals surface area (Å²) in [4.78, 5) is 4.09. The second-order valence-corrected chi connectivity index (χ2v) is 4.78. The Kier molecular flexibility index (Phi) is 4.69. The van der Waals surface area contributed by atoms with E-state index in [4.69, 9.17) is 4.74 Å². The van der Waals surface area contributed by atoms with Crippen molar-refractivity contribution in [3.05, 3.63) is 59.7 Å². The van der Waals surface area contributed by atoms with E-state index in [1.807, 2.05) is 31.2 Å². The van der Waals surface area contributed by atoms with Crippen LogP contribution in [0.4, 0.5) is 4.39 Å². The molecule has 1 N–H and O–H groups in total. The summed E-state index contributed by atoms with van der Waals surface area (Å²) in [6.45, 7) is 4.10. The van der Waals surface area contributed by atoms with E-state index in [1.165, 1.54) is 17.8 Å². The highest BCUT2D eigenvalue weighted by Gasteiger charge is 2.12. The van der Waals surface area contributed by atoms with E-state index in [-0.39, 0.29) is 17.9 Å². The van der Waals surface area contributed by atoms with Crippen molar-refractivity contribution in [3.63, 3.8) is 0 Å². The zero-order chi connectivity index (χ0) is 14.5. The van der Waals surface area contributed by atoms with Crippen LogP contribution in [0.25, 0.3) is 0 Å². The van der Waals surface area contributed by atoms with Gasteiger partial charge >= 0.3 is 0 Å². The van der Waals surface area contributed by atoms with E-state index < -0.39 is 0 Å². The molecule has 0 amide bonds. The smallest absolute Gasteiger partial charge is 0.141 e. The van der Waals surface area contributed by atoms with Gasteiger partial charge in [-0.1, -0.05) is 12.1 Å². The number of aromatic nitrogens is 1. The van der Waals surface area contributed by atoms with E-state index in [9.17, 15) is 4.39 Å². The Labute approximate surface area is 118 Å². The zero-order valence-electron chi connectivity index (χ0n) is 11.9. The Morgan fingerprint density at radius 1 is 1.05 bits per heavy atom. The SMILES string of the molecule is COc1ccc(C(C)NC(C)c2ccc(F)cn2)cc1. The summed E-state index contributed by atoms with van der Waals surface area (Å²) >= 11 is 0. The highest BCUT2D eigenvalue weighted by atomic mass is 19.1. The molecule has 0 aliphatic rings. The minimum absolute atomic E-state index is 0.0488. The standard InChI is InChI=1S/C16H19FN2O/c1-11(13-4-7-15(20-3)8-5-13)19-12(2)16-9-6-14(17)10-18-16/h4-12,19H,1-3H3. The number of nitrogens with zero attached hydrogens (tertiary/aromatic N) is 1. The first-order chi connectivity index (χ1) is 9.60. The molecule has 1 aromatic carbocycles. The quantitative estimate of drug-likeness (QED) is 0.903. The van der Waals surface area contributed by atoms with E-state index in [1.54, 1.807) is 13.2 Å². The molecule has 0 radical (unpaired) electrons. The van der Waals surface area contributed by atoms with E-state index in [0.717, 1.165) is 11.4 Å². The summed E-state index contributed by atoms with van der Waals surface area (Å²) in [5.74, 6) is 0.526. The van der Waals surface area contributed by atoms with Gasteiger partial charge in [-0.25, -0.2) is 4.39 Å². The summed E-state index contributed by atoms with van der Waals surface area (Å²) in [6.07, 6.45) is 1.24. The predicted molar refractivity (Wildman–Crippen MR) is 77.2 cm³/mol. The van der Waals surface area contributed by atoms with Crippen LogP contribution in [-0.4, -0.2) is 12.1 Å². The molecule has 2 atom stereocenters. The van der Waals surface area contributed by atoms with Crippen LogP contribution in [0, 0.1) is 5.82 Å². The van der Waals surface area contributed by atoms with Gasteiger partial charge in [-0.05, 0) is 43.7 Å². The Morgan fingerprint density at radius 3 is 2.30 bits per heavy atom. The van der Waals surface area contributed by atoms with Crippen LogP contribution in [0.3, 0.4) is 0 Å². The van der Waals surface area contributed by atoms with Crippen LogP contribution < -0.4 is 10.1 Å². The van der Waals surface area contributed by atoms with Crippen molar-refractivity contribution in [2.75, 3.05) is 7.11 Å². The van der Waals surface area contributed by atoms with Gasteiger partial charge in [-0.2, -0.15) is 0 Å². The second-order valence-electron chi connectivity index (χ2n) is 4.78. The Bertz CT molecular complexity index is 539. The Morgan fingerprint density at radius 2 is 1.75 bits per heavy atom. The highest BCUT2D eigenvalue weighted by molar-refractivity contribution is 5.29. The first kappa shape index (κ1) is 14.5. The normalized spacial score (nSPS) is 13.8. The molecule has 0 bridgehead atoms. The second kappa shape index (κ2) is 6.48. The van der Waals surface area contributed by atoms with Gasteiger partial charge in [0.05, 0.1) is 19.0 Å². The predicted octanol–water partition coefficient (Wildman–Crippen LogP) is 3.64. The largest absolute Gasteiger partial charge is 0.497 e. The number of hydrogen-bond acceptors (Lipinski definition) is 3. The molecule has 0 saturated carbocycles. The zero-order valence-corrected chi connectivity index (χ0v) is 11.9. The average molecular weight is 274 g/mol. The van der Waals surface area contributed by atoms with Crippen LogP contribution in [0.15, 0.2) is 42.6 Å². The lowest BCUT2D eigenvalue weighted by Crippen LogP contribution is -2.23. The third kappa shape index (κ3) is 3.54. The molecule has 0 spiro atoms. The summed E-state index contributed by atoms with van der Waals surface area (Å²) in [6, 6.07) is 11.3. The van der Waals surface area contributed by atoms with Gasteiger partial charge in [0.1, 0.15) is 11.6 Å². The third-order valence-corrected chi connectivity index (χ3v) is 3.31. The lowest BCUT2D eigenvalue weighted by molar-refractivity contribution is 0.414.